The molecule has 2 aromatic carbocycles. The molecule has 20 heavy (non-hydrogen) atoms. The number of carbonyl (C=O) groups is 1. The number of hydrogen-bond donors (Lipinski definition) is 0. The van der Waals surface area contributed by atoms with Gasteiger partial charge in [-0.2, -0.15) is 0 Å². The Bertz CT molecular complexity index is 674. The summed E-state index contributed by atoms with van der Waals surface area (Å²) in [5.41, 5.74) is 4.59. The van der Waals surface area contributed by atoms with Crippen LogP contribution in [0.25, 0.3) is 0 Å². The largest absolute Gasteiger partial charge is 0.496 e. The highest BCUT2D eigenvalue weighted by atomic mass is 16.5. The predicted octanol–water partition coefficient (Wildman–Crippen LogP) is 3.26. The predicted molar refractivity (Wildman–Crippen MR) is 76.1 cm³/mol. The van der Waals surface area contributed by atoms with E-state index in [1.165, 1.54) is 0 Å². The fourth-order valence-electron chi connectivity index (χ4n) is 2.47. The molecule has 1 aliphatic heterocycles. The summed E-state index contributed by atoms with van der Waals surface area (Å²) in [5.74, 6) is 0.595. The van der Waals surface area contributed by atoms with Gasteiger partial charge in [-0.3, -0.25) is 4.79 Å². The lowest BCUT2D eigenvalue weighted by molar-refractivity contribution is 0.103. The number of benzene rings is 2. The van der Waals surface area contributed by atoms with E-state index in [9.17, 15) is 4.79 Å². The van der Waals surface area contributed by atoms with Crippen LogP contribution in [0, 0.1) is 6.92 Å². The third-order valence-corrected chi connectivity index (χ3v) is 3.58. The minimum Gasteiger partial charge on any atom is -0.496 e. The van der Waals surface area contributed by atoms with E-state index < -0.39 is 0 Å². The van der Waals surface area contributed by atoms with Crippen molar-refractivity contribution in [3.05, 3.63) is 64.2 Å². The second-order valence-corrected chi connectivity index (χ2v) is 5.01. The molecule has 3 heteroatoms. The van der Waals surface area contributed by atoms with Gasteiger partial charge in [-0.15, -0.1) is 0 Å². The first kappa shape index (κ1) is 12.9. The summed E-state index contributed by atoms with van der Waals surface area (Å²) in [7, 11) is 1.58. The van der Waals surface area contributed by atoms with Crippen LogP contribution < -0.4 is 4.74 Å². The number of ketones is 1. The van der Waals surface area contributed by atoms with Crippen molar-refractivity contribution in [2.45, 2.75) is 20.1 Å². The average molecular weight is 268 g/mol. The van der Waals surface area contributed by atoms with Crippen LogP contribution in [-0.4, -0.2) is 12.9 Å². The standard InChI is InChI=1S/C17H16O3/c1-11-3-6-16(19-2)15(7-11)17(18)12-4-5-13-9-20-10-14(13)8-12/h3-8H,9-10H2,1-2H3. The van der Waals surface area contributed by atoms with Crippen LogP contribution in [0.3, 0.4) is 0 Å². The van der Waals surface area contributed by atoms with Crippen LogP contribution in [0.4, 0.5) is 0 Å². The molecule has 0 saturated carbocycles. The highest BCUT2D eigenvalue weighted by Crippen LogP contribution is 2.26. The summed E-state index contributed by atoms with van der Waals surface area (Å²) in [5, 5.41) is 0. The first-order valence-electron chi connectivity index (χ1n) is 6.58. The molecule has 3 nitrogen and oxygen atoms in total. The molecule has 0 aromatic heterocycles. The van der Waals surface area contributed by atoms with Crippen LogP contribution in [-0.2, 0) is 18.0 Å². The van der Waals surface area contributed by atoms with Gasteiger partial charge in [0, 0.05) is 5.56 Å². The maximum Gasteiger partial charge on any atom is 0.196 e. The van der Waals surface area contributed by atoms with E-state index in [4.69, 9.17) is 9.47 Å². The second kappa shape index (κ2) is 5.10. The van der Waals surface area contributed by atoms with E-state index in [1.54, 1.807) is 7.11 Å². The van der Waals surface area contributed by atoms with Crippen molar-refractivity contribution in [1.82, 2.24) is 0 Å². The van der Waals surface area contributed by atoms with Gasteiger partial charge in [-0.05, 0) is 36.2 Å². The Morgan fingerprint density at radius 2 is 1.90 bits per heavy atom. The molecule has 0 amide bonds. The van der Waals surface area contributed by atoms with Crippen molar-refractivity contribution in [3.8, 4) is 5.75 Å². The summed E-state index contributed by atoms with van der Waals surface area (Å²) >= 11 is 0. The van der Waals surface area contributed by atoms with Crippen molar-refractivity contribution in [2.75, 3.05) is 7.11 Å². The molecule has 1 heterocycles. The van der Waals surface area contributed by atoms with Crippen molar-refractivity contribution in [1.29, 1.82) is 0 Å². The summed E-state index contributed by atoms with van der Waals surface area (Å²) < 4.78 is 10.7. The number of fused-ring (bicyclic) bond motifs is 1. The van der Waals surface area contributed by atoms with Crippen LogP contribution in [0.1, 0.15) is 32.6 Å². The number of carbonyl (C=O) groups excluding carboxylic acids is 1. The molecule has 0 fully saturated rings. The van der Waals surface area contributed by atoms with Crippen molar-refractivity contribution in [3.63, 3.8) is 0 Å². The van der Waals surface area contributed by atoms with E-state index in [0.29, 0.717) is 30.1 Å². The molecule has 1 aliphatic rings. The molecule has 0 atom stereocenters. The number of ether oxygens (including phenoxy) is 2. The quantitative estimate of drug-likeness (QED) is 0.801. The Morgan fingerprint density at radius 3 is 2.70 bits per heavy atom. The van der Waals surface area contributed by atoms with Crippen LogP contribution in [0.2, 0.25) is 0 Å². The van der Waals surface area contributed by atoms with Gasteiger partial charge >= 0.3 is 0 Å². The zero-order valence-corrected chi connectivity index (χ0v) is 11.6. The lowest BCUT2D eigenvalue weighted by Crippen LogP contribution is -2.05. The van der Waals surface area contributed by atoms with Gasteiger partial charge in [0.05, 0.1) is 25.9 Å². The van der Waals surface area contributed by atoms with Crippen LogP contribution >= 0.6 is 0 Å². The van der Waals surface area contributed by atoms with Crippen LogP contribution in [0.15, 0.2) is 36.4 Å². The van der Waals surface area contributed by atoms with Gasteiger partial charge in [0.2, 0.25) is 0 Å². The Hall–Kier alpha value is -2.13. The van der Waals surface area contributed by atoms with Gasteiger partial charge < -0.3 is 9.47 Å². The molecule has 0 unspecified atom stereocenters. The van der Waals surface area contributed by atoms with E-state index in [2.05, 4.69) is 0 Å². The maximum atomic E-state index is 12.7. The minimum absolute atomic E-state index is 0.0137. The van der Waals surface area contributed by atoms with E-state index in [1.807, 2.05) is 43.3 Å². The zero-order valence-electron chi connectivity index (χ0n) is 11.6. The molecule has 3 rings (SSSR count). The number of aryl methyl sites for hydroxylation is 1. The smallest absolute Gasteiger partial charge is 0.196 e. The topological polar surface area (TPSA) is 35.5 Å². The molecule has 0 N–H and O–H groups in total. The first-order valence-corrected chi connectivity index (χ1v) is 6.58. The summed E-state index contributed by atoms with van der Waals surface area (Å²) in [6.45, 7) is 3.19. The highest BCUT2D eigenvalue weighted by Gasteiger charge is 2.18. The Balaban J connectivity index is 2.02. The Morgan fingerprint density at radius 1 is 1.10 bits per heavy atom. The third kappa shape index (κ3) is 2.21. The van der Waals surface area contributed by atoms with Crippen molar-refractivity contribution in [2.24, 2.45) is 0 Å². The number of methoxy groups -OCH3 is 1. The molecular formula is C17H16O3. The molecule has 0 saturated heterocycles. The molecule has 0 radical (unpaired) electrons. The summed E-state index contributed by atoms with van der Waals surface area (Å²) in [6.07, 6.45) is 0. The van der Waals surface area contributed by atoms with E-state index in [-0.39, 0.29) is 5.78 Å². The fourth-order valence-corrected chi connectivity index (χ4v) is 2.47. The number of rotatable bonds is 3. The van der Waals surface area contributed by atoms with Gasteiger partial charge in [-0.1, -0.05) is 23.8 Å². The Labute approximate surface area is 118 Å². The molecule has 0 spiro atoms. The lowest BCUT2D eigenvalue weighted by atomic mass is 9.97. The van der Waals surface area contributed by atoms with Gasteiger partial charge in [0.1, 0.15) is 5.75 Å². The van der Waals surface area contributed by atoms with E-state index in [0.717, 1.165) is 16.7 Å². The summed E-state index contributed by atoms with van der Waals surface area (Å²) in [4.78, 5) is 12.7. The average Bonchev–Trinajstić information content (AvgIpc) is 2.93. The van der Waals surface area contributed by atoms with Gasteiger partial charge in [0.25, 0.3) is 0 Å². The second-order valence-electron chi connectivity index (χ2n) is 5.01. The summed E-state index contributed by atoms with van der Waals surface area (Å²) in [6, 6.07) is 11.4. The molecule has 2 aromatic rings. The van der Waals surface area contributed by atoms with Crippen molar-refractivity contribution >= 4 is 5.78 Å². The van der Waals surface area contributed by atoms with Crippen LogP contribution in [0.5, 0.6) is 5.75 Å². The van der Waals surface area contributed by atoms with E-state index >= 15 is 0 Å². The van der Waals surface area contributed by atoms with Gasteiger partial charge in [0.15, 0.2) is 5.78 Å². The molecule has 0 bridgehead atoms. The maximum absolute atomic E-state index is 12.7. The normalized spacial score (nSPS) is 13.1. The fraction of sp³-hybridized carbons (Fsp3) is 0.235. The molecular weight excluding hydrogens is 252 g/mol. The zero-order chi connectivity index (χ0) is 14.1. The molecule has 0 aliphatic carbocycles. The van der Waals surface area contributed by atoms with Crippen molar-refractivity contribution < 1.29 is 14.3 Å². The first-order chi connectivity index (χ1) is 9.69. The highest BCUT2D eigenvalue weighted by molar-refractivity contribution is 6.11. The van der Waals surface area contributed by atoms with Gasteiger partial charge in [-0.25, -0.2) is 0 Å². The Kier molecular flexibility index (Phi) is 3.28. The molecule has 102 valence electrons. The minimum atomic E-state index is -0.0137. The third-order valence-electron chi connectivity index (χ3n) is 3.58. The SMILES string of the molecule is COc1ccc(C)cc1C(=O)c1ccc2c(c1)COC2. The number of hydrogen-bond acceptors (Lipinski definition) is 3. The monoisotopic (exact) mass is 268 g/mol. The lowest BCUT2D eigenvalue weighted by Gasteiger charge is -2.09.